The van der Waals surface area contributed by atoms with Gasteiger partial charge in [-0.15, -0.1) is 5.06 Å². The number of nitrogens with zero attached hydrogens (tertiary/aromatic N) is 3. The summed E-state index contributed by atoms with van der Waals surface area (Å²) in [7, 11) is -4.85. The molecule has 1 N–H and O–H groups in total. The first-order valence-corrected chi connectivity index (χ1v) is 16.2. The van der Waals surface area contributed by atoms with Crippen LogP contribution in [0.2, 0.25) is 0 Å². The third-order valence-corrected chi connectivity index (χ3v) is 9.37. The molecule has 2 heterocycles. The molecule has 2 aliphatic heterocycles. The fourth-order valence-corrected chi connectivity index (χ4v) is 6.47. The van der Waals surface area contributed by atoms with Gasteiger partial charge < -0.3 is 9.57 Å². The number of carbonyl (C=O) groups is 6. The molecule has 2 fully saturated rings. The van der Waals surface area contributed by atoms with Crippen molar-refractivity contribution in [2.45, 2.75) is 69.5 Å². The molecule has 17 heteroatoms. The molecule has 1 saturated heterocycles. The molecule has 16 nitrogen and oxygen atoms in total. The largest absolute Gasteiger partial charge is 0.494 e. The smallest absolute Gasteiger partial charge is 0.333 e. The number of amides is 4. The second-order valence-corrected chi connectivity index (χ2v) is 13.1. The average Bonchev–Trinajstić information content (AvgIpc) is 3.47. The van der Waals surface area contributed by atoms with Crippen LogP contribution in [0.1, 0.15) is 69.8 Å². The maximum Gasteiger partial charge on any atom is 0.333 e. The maximum atomic E-state index is 13.1. The summed E-state index contributed by atoms with van der Waals surface area (Å²) in [4.78, 5) is 89.8. The number of hydrogen-bond donors (Lipinski definition) is 1. The van der Waals surface area contributed by atoms with Crippen LogP contribution >= 0.6 is 0 Å². The Labute approximate surface area is 263 Å². The van der Waals surface area contributed by atoms with Crippen LogP contribution in [-0.2, 0) is 43.7 Å². The minimum atomic E-state index is -4.85. The zero-order valence-corrected chi connectivity index (χ0v) is 25.7. The minimum absolute atomic E-state index is 0.00912. The Morgan fingerprint density at radius 3 is 2.33 bits per heavy atom. The van der Waals surface area contributed by atoms with Gasteiger partial charge in [-0.2, -0.15) is 8.42 Å². The van der Waals surface area contributed by atoms with Crippen molar-refractivity contribution in [2.24, 2.45) is 11.8 Å². The lowest BCUT2D eigenvalue weighted by molar-refractivity contribution is -0.385. The van der Waals surface area contributed by atoms with Crippen LogP contribution in [0.25, 0.3) is 0 Å². The number of Topliss-reactive ketones (excluding diaryl/α,β-unsaturated/α-hetero) is 1. The molecule has 248 valence electrons. The molecule has 1 aliphatic carbocycles. The van der Waals surface area contributed by atoms with Crippen molar-refractivity contribution in [2.75, 3.05) is 13.2 Å². The summed E-state index contributed by atoms with van der Waals surface area (Å²) in [6.45, 7) is 1.96. The minimum Gasteiger partial charge on any atom is -0.494 e. The Balaban J connectivity index is 1.26. The monoisotopic (exact) mass is 663 g/mol. The first-order chi connectivity index (χ1) is 21.6. The van der Waals surface area contributed by atoms with E-state index >= 15 is 0 Å². The topological polar surface area (TPSA) is 225 Å². The second-order valence-electron chi connectivity index (χ2n) is 11.5. The van der Waals surface area contributed by atoms with Crippen molar-refractivity contribution >= 4 is 51.2 Å². The fourth-order valence-electron chi connectivity index (χ4n) is 5.76. The van der Waals surface area contributed by atoms with Gasteiger partial charge in [-0.05, 0) is 56.1 Å². The number of benzene rings is 1. The number of ether oxygens (including phenoxy) is 1. The predicted octanol–water partition coefficient (Wildman–Crippen LogP) is 2.02. The van der Waals surface area contributed by atoms with Gasteiger partial charge >= 0.3 is 5.97 Å². The summed E-state index contributed by atoms with van der Waals surface area (Å²) in [6.07, 6.45) is 3.93. The van der Waals surface area contributed by atoms with E-state index in [1.807, 2.05) is 0 Å². The van der Waals surface area contributed by atoms with E-state index in [0.717, 1.165) is 0 Å². The van der Waals surface area contributed by atoms with Gasteiger partial charge in [-0.1, -0.05) is 6.92 Å². The van der Waals surface area contributed by atoms with E-state index in [1.165, 1.54) is 35.3 Å². The summed E-state index contributed by atoms with van der Waals surface area (Å²) in [5.74, 6) is -4.59. The standard InChI is InChI=1S/C29H33N3O13S/c1-17(13-23(33)19-6-4-18(5-7-19)16-30-25(34)10-11-26(30)35)21-14-20(8-9-22(21)32(39)40)44-12-2-3-28(37)45-31-27(36)15-24(29(31)38)46(41,42)43/h8-11,14,17-19,24H,2-7,12-13,15-16H2,1H3,(H,41,42,43). The third kappa shape index (κ3) is 8.20. The van der Waals surface area contributed by atoms with E-state index in [9.17, 15) is 47.3 Å². The van der Waals surface area contributed by atoms with Crippen molar-refractivity contribution < 1.29 is 56.2 Å². The maximum absolute atomic E-state index is 13.1. The van der Waals surface area contributed by atoms with E-state index in [-0.39, 0.29) is 71.8 Å². The van der Waals surface area contributed by atoms with Crippen LogP contribution < -0.4 is 4.74 Å². The van der Waals surface area contributed by atoms with Crippen molar-refractivity contribution in [1.29, 1.82) is 0 Å². The fraction of sp³-hybridized carbons (Fsp3) is 0.517. The molecule has 0 spiro atoms. The Bertz CT molecular complexity index is 1560. The lowest BCUT2D eigenvalue weighted by Crippen LogP contribution is -2.36. The highest BCUT2D eigenvalue weighted by atomic mass is 32.2. The van der Waals surface area contributed by atoms with Crippen LogP contribution in [-0.4, -0.2) is 81.6 Å². The van der Waals surface area contributed by atoms with Crippen molar-refractivity contribution in [3.8, 4) is 5.75 Å². The summed E-state index contributed by atoms with van der Waals surface area (Å²) in [5, 5.41) is 9.69. The number of rotatable bonds is 14. The number of nitro groups is 1. The van der Waals surface area contributed by atoms with Crippen LogP contribution in [0.15, 0.2) is 30.4 Å². The van der Waals surface area contributed by atoms with E-state index in [4.69, 9.17) is 9.29 Å². The van der Waals surface area contributed by atoms with Gasteiger partial charge in [0.05, 0.1) is 24.4 Å². The van der Waals surface area contributed by atoms with Crippen molar-refractivity contribution in [1.82, 2.24) is 9.96 Å². The number of hydroxylamine groups is 2. The molecule has 2 atom stereocenters. The number of carbonyl (C=O) groups excluding carboxylic acids is 6. The van der Waals surface area contributed by atoms with E-state index in [0.29, 0.717) is 37.8 Å². The third-order valence-electron chi connectivity index (χ3n) is 8.29. The lowest BCUT2D eigenvalue weighted by atomic mass is 9.77. The van der Waals surface area contributed by atoms with E-state index < -0.39 is 50.4 Å². The Kier molecular flexibility index (Phi) is 10.7. The second kappa shape index (κ2) is 14.3. The average molecular weight is 664 g/mol. The van der Waals surface area contributed by atoms with Crippen LogP contribution in [0.5, 0.6) is 5.75 Å². The van der Waals surface area contributed by atoms with Crippen molar-refractivity contribution in [3.05, 3.63) is 46.0 Å². The molecule has 0 bridgehead atoms. The zero-order valence-electron chi connectivity index (χ0n) is 24.9. The Hall–Kier alpha value is -4.51. The van der Waals surface area contributed by atoms with E-state index in [2.05, 4.69) is 4.84 Å². The molecule has 46 heavy (non-hydrogen) atoms. The highest BCUT2D eigenvalue weighted by molar-refractivity contribution is 7.87. The van der Waals surface area contributed by atoms with Crippen LogP contribution in [0.4, 0.5) is 5.69 Å². The number of hydrogen-bond acceptors (Lipinski definition) is 12. The highest BCUT2D eigenvalue weighted by Crippen LogP contribution is 2.36. The van der Waals surface area contributed by atoms with Gasteiger partial charge in [0.2, 0.25) is 0 Å². The Morgan fingerprint density at radius 1 is 1.09 bits per heavy atom. The first kappa shape index (κ1) is 34.4. The van der Waals surface area contributed by atoms with Gasteiger partial charge in [0.25, 0.3) is 39.4 Å². The lowest BCUT2D eigenvalue weighted by Gasteiger charge is -2.30. The van der Waals surface area contributed by atoms with Crippen LogP contribution in [0, 0.1) is 22.0 Å². The molecule has 1 aromatic carbocycles. The molecule has 3 aliphatic rings. The van der Waals surface area contributed by atoms with Crippen LogP contribution in [0.3, 0.4) is 0 Å². The molecular formula is C29H33N3O13S. The van der Waals surface area contributed by atoms with Crippen molar-refractivity contribution in [3.63, 3.8) is 0 Å². The first-order valence-electron chi connectivity index (χ1n) is 14.7. The number of ketones is 1. The summed E-state index contributed by atoms with van der Waals surface area (Å²) in [6, 6.07) is 4.09. The summed E-state index contributed by atoms with van der Waals surface area (Å²) >= 11 is 0. The molecule has 1 saturated carbocycles. The molecule has 0 radical (unpaired) electrons. The van der Waals surface area contributed by atoms with Gasteiger partial charge in [0.15, 0.2) is 5.25 Å². The normalized spacial score (nSPS) is 22.3. The molecule has 4 amide bonds. The molecule has 1 aromatic rings. The SMILES string of the molecule is CC(CC(=O)C1CCC(CN2C(=O)C=CC2=O)CC1)c1cc(OCCCC(=O)ON2C(=O)CC(S(=O)(=O)O)C2=O)ccc1[N+](=O)[O-]. The molecular weight excluding hydrogens is 630 g/mol. The van der Waals surface area contributed by atoms with Gasteiger partial charge in [-0.3, -0.25) is 43.5 Å². The predicted molar refractivity (Wildman–Crippen MR) is 155 cm³/mol. The zero-order chi connectivity index (χ0) is 33.8. The molecule has 4 rings (SSSR count). The van der Waals surface area contributed by atoms with E-state index in [1.54, 1.807) is 6.92 Å². The number of nitro benzene ring substituents is 1. The number of imide groups is 2. The summed E-state index contributed by atoms with van der Waals surface area (Å²) < 4.78 is 37.1. The molecule has 2 unspecified atom stereocenters. The molecule has 0 aromatic heterocycles. The van der Waals surface area contributed by atoms with Gasteiger partial charge in [0.1, 0.15) is 11.5 Å². The highest BCUT2D eigenvalue weighted by Gasteiger charge is 2.48. The quantitative estimate of drug-likeness (QED) is 0.0990. The summed E-state index contributed by atoms with van der Waals surface area (Å²) in [5.41, 5.74) is 0.110. The Morgan fingerprint density at radius 2 is 1.74 bits per heavy atom. The van der Waals surface area contributed by atoms with Gasteiger partial charge in [0, 0.05) is 42.7 Å². The van der Waals surface area contributed by atoms with Gasteiger partial charge in [-0.25, -0.2) is 4.79 Å².